The molecule has 0 aromatic heterocycles. The molecule has 0 spiro atoms. The van der Waals surface area contributed by atoms with Crippen LogP contribution in [0.25, 0.3) is 0 Å². The molecule has 0 aliphatic carbocycles. The van der Waals surface area contributed by atoms with Gasteiger partial charge in [-0.3, -0.25) is 0 Å². The SMILES string of the molecule is CCNCCOc1ccccc1C(C)CC. The minimum atomic E-state index is 0.565. The highest BCUT2D eigenvalue weighted by molar-refractivity contribution is 5.35. The molecule has 0 aliphatic rings. The second kappa shape index (κ2) is 7.29. The van der Waals surface area contributed by atoms with E-state index in [1.165, 1.54) is 5.56 Å². The van der Waals surface area contributed by atoms with Gasteiger partial charge in [-0.05, 0) is 30.5 Å². The molecule has 2 heteroatoms. The minimum Gasteiger partial charge on any atom is -0.492 e. The maximum absolute atomic E-state index is 5.80. The average molecular weight is 221 g/mol. The van der Waals surface area contributed by atoms with E-state index < -0.39 is 0 Å². The van der Waals surface area contributed by atoms with E-state index in [1.807, 2.05) is 6.07 Å². The fraction of sp³-hybridized carbons (Fsp3) is 0.571. The molecule has 1 aromatic carbocycles. The van der Waals surface area contributed by atoms with Gasteiger partial charge >= 0.3 is 0 Å². The Hall–Kier alpha value is -1.02. The molecule has 1 N–H and O–H groups in total. The van der Waals surface area contributed by atoms with Crippen molar-refractivity contribution in [3.63, 3.8) is 0 Å². The summed E-state index contributed by atoms with van der Waals surface area (Å²) in [7, 11) is 0. The first kappa shape index (κ1) is 13.0. The Bertz CT molecular complexity index is 299. The summed E-state index contributed by atoms with van der Waals surface area (Å²) in [4.78, 5) is 0. The van der Waals surface area contributed by atoms with Crippen LogP contribution in [0.15, 0.2) is 24.3 Å². The van der Waals surface area contributed by atoms with Crippen molar-refractivity contribution in [1.82, 2.24) is 5.32 Å². The van der Waals surface area contributed by atoms with Crippen molar-refractivity contribution in [3.8, 4) is 5.75 Å². The molecular formula is C14H23NO. The van der Waals surface area contributed by atoms with Crippen molar-refractivity contribution in [3.05, 3.63) is 29.8 Å². The molecule has 0 aliphatic heterocycles. The first-order chi connectivity index (χ1) is 7.79. The van der Waals surface area contributed by atoms with Gasteiger partial charge in [-0.1, -0.05) is 39.0 Å². The predicted molar refractivity (Wildman–Crippen MR) is 69.2 cm³/mol. The molecule has 1 aromatic rings. The highest BCUT2D eigenvalue weighted by Crippen LogP contribution is 2.28. The molecule has 0 amide bonds. The average Bonchev–Trinajstić information content (AvgIpc) is 2.34. The van der Waals surface area contributed by atoms with Crippen molar-refractivity contribution in [2.24, 2.45) is 0 Å². The Morgan fingerprint density at radius 1 is 1.25 bits per heavy atom. The molecule has 1 rings (SSSR count). The highest BCUT2D eigenvalue weighted by atomic mass is 16.5. The van der Waals surface area contributed by atoms with Crippen molar-refractivity contribution in [1.29, 1.82) is 0 Å². The van der Waals surface area contributed by atoms with E-state index >= 15 is 0 Å². The molecule has 0 heterocycles. The molecule has 0 fully saturated rings. The van der Waals surface area contributed by atoms with Gasteiger partial charge in [0.25, 0.3) is 0 Å². The first-order valence-corrected chi connectivity index (χ1v) is 6.22. The number of ether oxygens (including phenoxy) is 1. The number of hydrogen-bond donors (Lipinski definition) is 1. The van der Waals surface area contributed by atoms with Gasteiger partial charge in [0.15, 0.2) is 0 Å². The number of rotatable bonds is 7. The normalized spacial score (nSPS) is 12.4. The lowest BCUT2D eigenvalue weighted by atomic mass is 9.98. The van der Waals surface area contributed by atoms with Gasteiger partial charge < -0.3 is 10.1 Å². The molecule has 0 saturated heterocycles. The first-order valence-electron chi connectivity index (χ1n) is 6.22. The molecule has 1 unspecified atom stereocenters. The molecule has 0 bridgehead atoms. The lowest BCUT2D eigenvalue weighted by molar-refractivity contribution is 0.310. The Balaban J connectivity index is 2.57. The van der Waals surface area contributed by atoms with E-state index in [0.29, 0.717) is 5.92 Å². The van der Waals surface area contributed by atoms with Crippen LogP contribution in [0.3, 0.4) is 0 Å². The number of benzene rings is 1. The summed E-state index contributed by atoms with van der Waals surface area (Å²) in [5.41, 5.74) is 1.32. The van der Waals surface area contributed by atoms with Crippen molar-refractivity contribution in [2.45, 2.75) is 33.1 Å². The summed E-state index contributed by atoms with van der Waals surface area (Å²) in [6.45, 7) is 9.20. The van der Waals surface area contributed by atoms with Crippen LogP contribution in [-0.4, -0.2) is 19.7 Å². The zero-order chi connectivity index (χ0) is 11.8. The standard InChI is InChI=1S/C14H23NO/c1-4-12(3)13-8-6-7-9-14(13)16-11-10-15-5-2/h6-9,12,15H,4-5,10-11H2,1-3H3. The highest BCUT2D eigenvalue weighted by Gasteiger charge is 2.08. The third-order valence-electron chi connectivity index (χ3n) is 2.85. The van der Waals surface area contributed by atoms with Crippen LogP contribution in [0, 0.1) is 0 Å². The Morgan fingerprint density at radius 3 is 2.69 bits per heavy atom. The summed E-state index contributed by atoms with van der Waals surface area (Å²) < 4.78 is 5.80. The third kappa shape index (κ3) is 3.86. The molecule has 90 valence electrons. The van der Waals surface area contributed by atoms with Gasteiger partial charge in [-0.15, -0.1) is 0 Å². The number of hydrogen-bond acceptors (Lipinski definition) is 2. The van der Waals surface area contributed by atoms with E-state index in [2.05, 4.69) is 44.3 Å². The number of para-hydroxylation sites is 1. The smallest absolute Gasteiger partial charge is 0.122 e. The van der Waals surface area contributed by atoms with Gasteiger partial charge in [0, 0.05) is 6.54 Å². The van der Waals surface area contributed by atoms with E-state index in [4.69, 9.17) is 4.74 Å². The van der Waals surface area contributed by atoms with Crippen LogP contribution >= 0.6 is 0 Å². The largest absolute Gasteiger partial charge is 0.492 e. The zero-order valence-electron chi connectivity index (χ0n) is 10.6. The van der Waals surface area contributed by atoms with E-state index in [-0.39, 0.29) is 0 Å². The van der Waals surface area contributed by atoms with Crippen molar-refractivity contribution >= 4 is 0 Å². The summed E-state index contributed by atoms with van der Waals surface area (Å²) in [6.07, 6.45) is 1.15. The summed E-state index contributed by atoms with van der Waals surface area (Å²) >= 11 is 0. The second-order valence-corrected chi connectivity index (χ2v) is 4.05. The van der Waals surface area contributed by atoms with Crippen LogP contribution < -0.4 is 10.1 Å². The summed E-state index contributed by atoms with van der Waals surface area (Å²) in [5.74, 6) is 1.60. The van der Waals surface area contributed by atoms with E-state index in [1.54, 1.807) is 0 Å². The molecule has 2 nitrogen and oxygen atoms in total. The summed E-state index contributed by atoms with van der Waals surface area (Å²) in [5, 5.41) is 3.26. The van der Waals surface area contributed by atoms with E-state index in [0.717, 1.165) is 31.9 Å². The van der Waals surface area contributed by atoms with Crippen LogP contribution in [-0.2, 0) is 0 Å². The van der Waals surface area contributed by atoms with Crippen LogP contribution in [0.5, 0.6) is 5.75 Å². The maximum atomic E-state index is 5.80. The van der Waals surface area contributed by atoms with Gasteiger partial charge in [0.1, 0.15) is 12.4 Å². The minimum absolute atomic E-state index is 0.565. The Kier molecular flexibility index (Phi) is 5.94. The zero-order valence-corrected chi connectivity index (χ0v) is 10.6. The van der Waals surface area contributed by atoms with Gasteiger partial charge in [0.05, 0.1) is 0 Å². The van der Waals surface area contributed by atoms with E-state index in [9.17, 15) is 0 Å². The van der Waals surface area contributed by atoms with Crippen molar-refractivity contribution in [2.75, 3.05) is 19.7 Å². The lowest BCUT2D eigenvalue weighted by Crippen LogP contribution is -2.20. The Labute approximate surface area is 99.0 Å². The molecule has 16 heavy (non-hydrogen) atoms. The lowest BCUT2D eigenvalue weighted by Gasteiger charge is -2.15. The molecule has 1 atom stereocenters. The molecule has 0 saturated carbocycles. The Morgan fingerprint density at radius 2 is 2.00 bits per heavy atom. The van der Waals surface area contributed by atoms with Gasteiger partial charge in [0.2, 0.25) is 0 Å². The fourth-order valence-corrected chi connectivity index (χ4v) is 1.65. The topological polar surface area (TPSA) is 21.3 Å². The number of nitrogens with one attached hydrogen (secondary N) is 1. The monoisotopic (exact) mass is 221 g/mol. The van der Waals surface area contributed by atoms with Crippen LogP contribution in [0.4, 0.5) is 0 Å². The van der Waals surface area contributed by atoms with Gasteiger partial charge in [-0.2, -0.15) is 0 Å². The molecular weight excluding hydrogens is 198 g/mol. The summed E-state index contributed by atoms with van der Waals surface area (Å²) in [6, 6.07) is 8.34. The third-order valence-corrected chi connectivity index (χ3v) is 2.85. The number of likely N-dealkylation sites (N-methyl/N-ethyl adjacent to an activating group) is 1. The quantitative estimate of drug-likeness (QED) is 0.714. The van der Waals surface area contributed by atoms with Gasteiger partial charge in [-0.25, -0.2) is 0 Å². The maximum Gasteiger partial charge on any atom is 0.122 e. The van der Waals surface area contributed by atoms with Crippen molar-refractivity contribution < 1.29 is 4.74 Å². The second-order valence-electron chi connectivity index (χ2n) is 4.05. The van der Waals surface area contributed by atoms with Crippen LogP contribution in [0.1, 0.15) is 38.7 Å². The fourth-order valence-electron chi connectivity index (χ4n) is 1.65. The van der Waals surface area contributed by atoms with Crippen LogP contribution in [0.2, 0.25) is 0 Å². The predicted octanol–water partition coefficient (Wildman–Crippen LogP) is 3.19. The molecule has 0 radical (unpaired) electrons.